The molecule has 0 aliphatic heterocycles. The molecule has 0 aliphatic carbocycles. The quantitative estimate of drug-likeness (QED) is 0.801. The van der Waals surface area contributed by atoms with E-state index in [1.54, 1.807) is 6.07 Å². The molecule has 0 bridgehead atoms. The van der Waals surface area contributed by atoms with Crippen LogP contribution in [0.1, 0.15) is 17.5 Å². The van der Waals surface area contributed by atoms with Crippen LogP contribution in [0.15, 0.2) is 36.4 Å². The van der Waals surface area contributed by atoms with Crippen LogP contribution >= 0.6 is 23.2 Å². The summed E-state index contributed by atoms with van der Waals surface area (Å²) >= 11 is 12.0. The molecule has 0 aromatic heterocycles. The van der Waals surface area contributed by atoms with E-state index < -0.39 is 0 Å². The number of hydrogen-bond acceptors (Lipinski definition) is 2. The highest BCUT2D eigenvalue weighted by Gasteiger charge is 2.06. The Balaban J connectivity index is 1.86. The first-order chi connectivity index (χ1) is 10.5. The fraction of sp³-hybridized carbons (Fsp3) is 0.235. The summed E-state index contributed by atoms with van der Waals surface area (Å²) < 4.78 is 0. The van der Waals surface area contributed by atoms with Crippen molar-refractivity contribution < 1.29 is 4.79 Å². The van der Waals surface area contributed by atoms with Crippen molar-refractivity contribution in [3.05, 3.63) is 57.6 Å². The molecule has 2 rings (SSSR count). The van der Waals surface area contributed by atoms with Crippen LogP contribution in [-0.4, -0.2) is 12.5 Å². The molecule has 2 aromatic rings. The Morgan fingerprint density at radius 2 is 1.77 bits per heavy atom. The SMILES string of the molecule is Cc1cc(C)cc(NC(=O)CCNc2cccc(Cl)c2Cl)c1. The van der Waals surface area contributed by atoms with E-state index >= 15 is 0 Å². The number of amides is 1. The zero-order valence-electron chi connectivity index (χ0n) is 12.5. The van der Waals surface area contributed by atoms with Crippen molar-refractivity contribution in [3.63, 3.8) is 0 Å². The molecule has 116 valence electrons. The molecule has 22 heavy (non-hydrogen) atoms. The fourth-order valence-electron chi connectivity index (χ4n) is 2.22. The highest BCUT2D eigenvalue weighted by atomic mass is 35.5. The lowest BCUT2D eigenvalue weighted by Gasteiger charge is -2.10. The molecule has 2 aromatic carbocycles. The van der Waals surface area contributed by atoms with Gasteiger partial charge in [-0.2, -0.15) is 0 Å². The Hall–Kier alpha value is -1.71. The van der Waals surface area contributed by atoms with Crippen molar-refractivity contribution in [2.75, 3.05) is 17.2 Å². The van der Waals surface area contributed by atoms with Crippen LogP contribution in [0.5, 0.6) is 0 Å². The molecule has 0 unspecified atom stereocenters. The molecule has 0 aliphatic rings. The van der Waals surface area contributed by atoms with E-state index in [0.717, 1.165) is 22.5 Å². The van der Waals surface area contributed by atoms with E-state index in [-0.39, 0.29) is 5.91 Å². The van der Waals surface area contributed by atoms with Crippen molar-refractivity contribution in [2.45, 2.75) is 20.3 Å². The van der Waals surface area contributed by atoms with E-state index in [2.05, 4.69) is 16.7 Å². The summed E-state index contributed by atoms with van der Waals surface area (Å²) in [4.78, 5) is 12.0. The van der Waals surface area contributed by atoms with Gasteiger partial charge in [0.1, 0.15) is 0 Å². The molecular formula is C17H18Cl2N2O. The van der Waals surface area contributed by atoms with Crippen LogP contribution < -0.4 is 10.6 Å². The highest BCUT2D eigenvalue weighted by Crippen LogP contribution is 2.29. The lowest BCUT2D eigenvalue weighted by Crippen LogP contribution is -2.16. The van der Waals surface area contributed by atoms with Crippen molar-refractivity contribution in [2.24, 2.45) is 0 Å². The average molecular weight is 337 g/mol. The minimum absolute atomic E-state index is 0.0457. The maximum Gasteiger partial charge on any atom is 0.226 e. The Labute approximate surface area is 140 Å². The molecule has 3 nitrogen and oxygen atoms in total. The average Bonchev–Trinajstić information content (AvgIpc) is 2.42. The number of halogens is 2. The standard InChI is InChI=1S/C17H18Cl2N2O/c1-11-8-12(2)10-13(9-11)21-16(22)6-7-20-15-5-3-4-14(18)17(15)19/h3-5,8-10,20H,6-7H2,1-2H3,(H,21,22). The number of nitrogens with one attached hydrogen (secondary N) is 2. The topological polar surface area (TPSA) is 41.1 Å². The van der Waals surface area contributed by atoms with Gasteiger partial charge >= 0.3 is 0 Å². The van der Waals surface area contributed by atoms with Crippen LogP contribution in [-0.2, 0) is 4.79 Å². The monoisotopic (exact) mass is 336 g/mol. The summed E-state index contributed by atoms with van der Waals surface area (Å²) in [5.74, 6) is -0.0457. The number of carbonyl (C=O) groups is 1. The Kier molecular flexibility index (Phi) is 5.69. The summed E-state index contributed by atoms with van der Waals surface area (Å²) in [5.41, 5.74) is 3.80. The van der Waals surface area contributed by atoms with Gasteiger partial charge in [0.25, 0.3) is 0 Å². The molecule has 1 amide bonds. The Morgan fingerprint density at radius 3 is 2.45 bits per heavy atom. The van der Waals surface area contributed by atoms with E-state index in [1.807, 2.05) is 38.1 Å². The third kappa shape index (κ3) is 4.65. The first-order valence-corrected chi connectivity index (χ1v) is 7.77. The van der Waals surface area contributed by atoms with Gasteiger partial charge < -0.3 is 10.6 Å². The van der Waals surface area contributed by atoms with Gasteiger partial charge in [-0.05, 0) is 49.2 Å². The lowest BCUT2D eigenvalue weighted by molar-refractivity contribution is -0.115. The normalized spacial score (nSPS) is 10.4. The largest absolute Gasteiger partial charge is 0.383 e. The van der Waals surface area contributed by atoms with Gasteiger partial charge in [-0.25, -0.2) is 0 Å². The molecule has 0 saturated carbocycles. The van der Waals surface area contributed by atoms with Crippen LogP contribution in [0.25, 0.3) is 0 Å². The third-order valence-corrected chi connectivity index (χ3v) is 3.94. The summed E-state index contributed by atoms with van der Waals surface area (Å²) in [6.45, 7) is 4.49. The minimum atomic E-state index is -0.0457. The molecule has 0 atom stereocenters. The van der Waals surface area contributed by atoms with Gasteiger partial charge in [-0.15, -0.1) is 0 Å². The molecule has 0 saturated heterocycles. The van der Waals surface area contributed by atoms with Gasteiger partial charge in [-0.1, -0.05) is 35.3 Å². The highest BCUT2D eigenvalue weighted by molar-refractivity contribution is 6.43. The van der Waals surface area contributed by atoms with Crippen LogP contribution in [0.4, 0.5) is 11.4 Å². The number of aryl methyl sites for hydroxylation is 2. The molecular weight excluding hydrogens is 319 g/mol. The van der Waals surface area contributed by atoms with Gasteiger partial charge in [-0.3, -0.25) is 4.79 Å². The summed E-state index contributed by atoms with van der Waals surface area (Å²) in [6.07, 6.45) is 0.343. The lowest BCUT2D eigenvalue weighted by atomic mass is 10.1. The second-order valence-electron chi connectivity index (χ2n) is 5.20. The van der Waals surface area contributed by atoms with Gasteiger partial charge in [0.05, 0.1) is 15.7 Å². The van der Waals surface area contributed by atoms with Crippen molar-refractivity contribution >= 4 is 40.5 Å². The van der Waals surface area contributed by atoms with E-state index in [1.165, 1.54) is 0 Å². The summed E-state index contributed by atoms with van der Waals surface area (Å²) in [5, 5.41) is 6.98. The third-order valence-electron chi connectivity index (χ3n) is 3.12. The zero-order valence-corrected chi connectivity index (χ0v) is 14.1. The molecule has 0 heterocycles. The van der Waals surface area contributed by atoms with Crippen molar-refractivity contribution in [3.8, 4) is 0 Å². The first-order valence-electron chi connectivity index (χ1n) is 7.02. The maximum absolute atomic E-state index is 12.0. The molecule has 5 heteroatoms. The number of rotatable bonds is 5. The number of hydrogen-bond donors (Lipinski definition) is 2. The predicted molar refractivity (Wildman–Crippen MR) is 94.1 cm³/mol. The zero-order chi connectivity index (χ0) is 16.1. The summed E-state index contributed by atoms with van der Waals surface area (Å²) in [7, 11) is 0. The van der Waals surface area contributed by atoms with Gasteiger partial charge in [0.15, 0.2) is 0 Å². The molecule has 2 N–H and O–H groups in total. The van der Waals surface area contributed by atoms with Crippen molar-refractivity contribution in [1.82, 2.24) is 0 Å². The molecule has 0 radical (unpaired) electrons. The predicted octanol–water partition coefficient (Wildman–Crippen LogP) is 5.05. The molecule has 0 fully saturated rings. The minimum Gasteiger partial charge on any atom is -0.383 e. The van der Waals surface area contributed by atoms with Crippen LogP contribution in [0, 0.1) is 13.8 Å². The number of benzene rings is 2. The van der Waals surface area contributed by atoms with Crippen LogP contribution in [0.3, 0.4) is 0 Å². The Morgan fingerprint density at radius 1 is 1.09 bits per heavy atom. The second-order valence-corrected chi connectivity index (χ2v) is 5.99. The van der Waals surface area contributed by atoms with E-state index in [0.29, 0.717) is 23.0 Å². The van der Waals surface area contributed by atoms with E-state index in [4.69, 9.17) is 23.2 Å². The van der Waals surface area contributed by atoms with Crippen molar-refractivity contribution in [1.29, 1.82) is 0 Å². The van der Waals surface area contributed by atoms with Gasteiger partial charge in [0.2, 0.25) is 5.91 Å². The number of carbonyl (C=O) groups excluding carboxylic acids is 1. The number of anilines is 2. The molecule has 0 spiro atoms. The maximum atomic E-state index is 12.0. The summed E-state index contributed by atoms with van der Waals surface area (Å²) in [6, 6.07) is 11.3. The fourth-order valence-corrected chi connectivity index (χ4v) is 2.59. The first kappa shape index (κ1) is 16.7. The van der Waals surface area contributed by atoms with Gasteiger partial charge in [0, 0.05) is 18.7 Å². The smallest absolute Gasteiger partial charge is 0.226 e. The van der Waals surface area contributed by atoms with E-state index in [9.17, 15) is 4.79 Å². The Bertz CT molecular complexity index is 666. The van der Waals surface area contributed by atoms with Crippen LogP contribution in [0.2, 0.25) is 10.0 Å². The second kappa shape index (κ2) is 7.52.